The molecule has 0 fully saturated rings. The summed E-state index contributed by atoms with van der Waals surface area (Å²) < 4.78 is 125. The summed E-state index contributed by atoms with van der Waals surface area (Å²) in [6.07, 6.45) is 1.40. The number of nitrogens with two attached hydrogens (primary N) is 3. The molecule has 26 nitrogen and oxygen atoms in total. The number of nitro benzene ring substituents is 1. The van der Waals surface area contributed by atoms with E-state index in [9.17, 15) is 58.1 Å². The van der Waals surface area contributed by atoms with E-state index in [0.29, 0.717) is 49.2 Å². The van der Waals surface area contributed by atoms with Gasteiger partial charge in [-0.05, 0) is 104 Å². The predicted octanol–water partition coefficient (Wildman–Crippen LogP) is 11.0. The van der Waals surface area contributed by atoms with Crippen LogP contribution in [0.1, 0.15) is 166 Å². The van der Waals surface area contributed by atoms with Crippen molar-refractivity contribution >= 4 is 114 Å². The molecule has 3 aromatic carbocycles. The predicted molar refractivity (Wildman–Crippen MR) is 374 cm³/mol. The molecule has 13 N–H and O–H groups in total. The number of carbonyl (C=O) groups is 10. The van der Waals surface area contributed by atoms with E-state index < -0.39 is 59.1 Å². The number of alkyl carbamates (subject to hydrolysis) is 1. The van der Waals surface area contributed by atoms with Crippen LogP contribution in [0.2, 0.25) is 0 Å². The number of thiol groups is 2. The van der Waals surface area contributed by atoms with Crippen molar-refractivity contribution in [2.24, 2.45) is 40.9 Å². The van der Waals surface area contributed by atoms with Gasteiger partial charge in [0.2, 0.25) is 23.6 Å². The number of nitro groups is 1. The second-order valence-corrected chi connectivity index (χ2v) is 25.0. The number of halogens is 1. The molecule has 0 bridgehead atoms. The maximum atomic E-state index is 13.1. The molecule has 0 aliphatic rings. The number of nitrogens with zero attached hydrogens (tertiary/aromatic N) is 1. The lowest BCUT2D eigenvalue weighted by molar-refractivity contribution is -0.384. The summed E-state index contributed by atoms with van der Waals surface area (Å²) in [6.45, 7) is 19.5. The van der Waals surface area contributed by atoms with E-state index in [1.807, 2.05) is 27.7 Å². The van der Waals surface area contributed by atoms with Crippen molar-refractivity contribution in [1.29, 1.82) is 0 Å². The SMILES string of the molecule is CC(=O)N[C@H](C(=O)C[C@@H](CCCNC(N)=O)C(=O)Nc1ccc(COC(=O)NCCC(C)(C)S)cc1)C(C)C.CC(=O)N[C@H](C(=O)C[C@@H](CCCNC(N)=O)C(=O)Nc1ccc(COC(=O)Oc2ccc([N+](=O)[O-])cc2)cc1)C(C)C.CC(C)(S)CCN.Cl.[3HH].[3H][3H].[3H][3H].[3H][3H].[3H][3H].[3H][3H].[3H][3H].[3H][3H].[3H][3H].[3H][3H].[3H][3H].[3H][3H]. The lowest BCUT2D eigenvalue weighted by atomic mass is 9.89. The number of non-ortho nitro benzene ring substituents is 1. The van der Waals surface area contributed by atoms with Crippen LogP contribution in [0.4, 0.5) is 36.2 Å². The Hall–Kier alpha value is -7.69. The van der Waals surface area contributed by atoms with Gasteiger partial charge in [0.05, 0.1) is 17.0 Å². The van der Waals surface area contributed by atoms with E-state index in [1.54, 1.807) is 62.4 Å². The van der Waals surface area contributed by atoms with Crippen LogP contribution >= 0.6 is 37.7 Å². The Morgan fingerprint density at radius 2 is 1.00 bits per heavy atom. The second-order valence-electron chi connectivity index (χ2n) is 22.6. The monoisotopic (exact) mass is 1380 g/mol. The summed E-state index contributed by atoms with van der Waals surface area (Å²) in [5, 5.41) is 29.2. The molecular weight excluding hydrogens is 1210 g/mol. The molecule has 0 aliphatic heterocycles. The third kappa shape index (κ3) is 38.4. The van der Waals surface area contributed by atoms with Crippen LogP contribution in [0.3, 0.4) is 0 Å². The molecule has 0 aliphatic carbocycles. The smallest absolute Gasteiger partial charge is 0.445 e. The van der Waals surface area contributed by atoms with E-state index in [2.05, 4.69) is 76.3 Å². The quantitative estimate of drug-likeness (QED) is 0.00673. The van der Waals surface area contributed by atoms with Gasteiger partial charge in [-0.1, -0.05) is 79.7 Å². The first-order chi connectivity index (χ1) is 52.1. The number of benzene rings is 3. The molecule has 0 unspecified atom stereocenters. The number of hydrogen-bond acceptors (Lipinski definition) is 18. The number of carbonyl (C=O) groups excluding carboxylic acids is 10. The number of ketones is 2. The Morgan fingerprint density at radius 3 is 1.33 bits per heavy atom. The largest absolute Gasteiger partial charge is 0.514 e. The maximum absolute atomic E-state index is 13.1. The lowest BCUT2D eigenvalue weighted by Gasteiger charge is -2.23. The van der Waals surface area contributed by atoms with Crippen molar-refractivity contribution < 1.29 is 101 Å². The summed E-state index contributed by atoms with van der Waals surface area (Å²) in [5.41, 5.74) is 17.6. The Labute approximate surface area is 573 Å². The second kappa shape index (κ2) is 42.3. The molecule has 9 amide bonds. The molecule has 0 spiro atoms. The van der Waals surface area contributed by atoms with Gasteiger partial charge in [0, 0.05) is 125 Å². The van der Waals surface area contributed by atoms with Gasteiger partial charge in [-0.3, -0.25) is 38.9 Å². The maximum Gasteiger partial charge on any atom is 0.514 e. The van der Waals surface area contributed by atoms with Gasteiger partial charge in [-0.25, -0.2) is 19.2 Å². The zero-order chi connectivity index (χ0) is 88.7. The zero-order valence-electron chi connectivity index (χ0n) is 74.4. The molecular formula is C60H116ClN11O15S2. The van der Waals surface area contributed by atoms with Gasteiger partial charge in [0.1, 0.15) is 19.0 Å². The summed E-state index contributed by atoms with van der Waals surface area (Å²) in [5.74, 6) is -3.63. The number of rotatable bonds is 33. The van der Waals surface area contributed by atoms with Crippen LogP contribution < -0.4 is 59.2 Å². The van der Waals surface area contributed by atoms with Crippen LogP contribution in [-0.2, 0) is 51.5 Å². The summed E-state index contributed by atoms with van der Waals surface area (Å²) in [7, 11) is 0. The van der Waals surface area contributed by atoms with Gasteiger partial charge in [-0.15, -0.1) is 12.4 Å². The highest BCUT2D eigenvalue weighted by Crippen LogP contribution is 2.23. The van der Waals surface area contributed by atoms with Crippen LogP contribution in [0.5, 0.6) is 5.75 Å². The normalized spacial score (nSPS) is 13.2. The van der Waals surface area contributed by atoms with Crippen molar-refractivity contribution in [2.75, 3.05) is 36.8 Å². The molecule has 0 saturated heterocycles. The molecule has 89 heavy (non-hydrogen) atoms. The van der Waals surface area contributed by atoms with E-state index in [1.165, 1.54) is 38.1 Å². The molecule has 0 saturated carbocycles. The van der Waals surface area contributed by atoms with Gasteiger partial charge >= 0.3 is 24.3 Å². The third-order valence-corrected chi connectivity index (χ3v) is 13.1. The molecule has 0 radical (unpaired) electrons. The van der Waals surface area contributed by atoms with Crippen LogP contribution in [0.15, 0.2) is 72.8 Å². The Kier molecular flexibility index (Phi) is 29.9. The summed E-state index contributed by atoms with van der Waals surface area (Å²) in [6, 6.07) is 15.4. The zero-order valence-corrected chi connectivity index (χ0v) is 55.0. The highest BCUT2D eigenvalue weighted by Gasteiger charge is 2.31. The minimum absolute atomic E-state index is 0. The Morgan fingerprint density at radius 1 is 0.607 bits per heavy atom. The Bertz CT molecular complexity index is 2830. The number of Topliss-reactive ketones (excluding diaryl/α,β-unsaturated/α-hetero) is 2. The van der Waals surface area contributed by atoms with Crippen molar-refractivity contribution in [1.82, 2.24) is 26.6 Å². The first-order valence-electron chi connectivity index (χ1n) is 39.7. The molecule has 29 heteroatoms. The average molecular weight is 1380 g/mol. The fourth-order valence-electron chi connectivity index (χ4n) is 7.97. The van der Waals surface area contributed by atoms with Gasteiger partial charge in [0.15, 0.2) is 11.6 Å². The molecule has 520 valence electrons. The van der Waals surface area contributed by atoms with Crippen molar-refractivity contribution in [3.63, 3.8) is 0 Å². The highest BCUT2D eigenvalue weighted by molar-refractivity contribution is 7.81. The van der Waals surface area contributed by atoms with Gasteiger partial charge in [-0.2, -0.15) is 25.3 Å². The van der Waals surface area contributed by atoms with Crippen molar-refractivity contribution in [3.05, 3.63) is 94.0 Å². The first-order valence-corrected chi connectivity index (χ1v) is 29.6. The number of amides is 9. The number of primary amides is 2. The average Bonchev–Trinajstić information content (AvgIpc) is 0.871. The van der Waals surface area contributed by atoms with Gasteiger partial charge in [0.25, 0.3) is 5.69 Å². The molecule has 0 heterocycles. The van der Waals surface area contributed by atoms with Gasteiger partial charge < -0.3 is 68.6 Å². The van der Waals surface area contributed by atoms with Crippen LogP contribution in [0.25, 0.3) is 0 Å². The molecule has 3 aromatic rings. The lowest BCUT2D eigenvalue weighted by Crippen LogP contribution is -2.44. The third-order valence-electron chi connectivity index (χ3n) is 12.6. The minimum Gasteiger partial charge on any atom is -0.445 e. The first kappa shape index (κ1) is 62.9. The molecule has 4 atom stereocenters. The number of anilines is 2. The summed E-state index contributed by atoms with van der Waals surface area (Å²) in [4.78, 5) is 131. The number of nitrogens with one attached hydrogen (secondary N) is 7. The molecule has 3 rings (SSSR count). The van der Waals surface area contributed by atoms with E-state index in [0.717, 1.165) is 18.5 Å². The number of ether oxygens (including phenoxy) is 3. The topological polar surface area (TPSA) is 404 Å². The fraction of sp³-hybridized carbons (Fsp3) is 0.533. The number of urea groups is 2. The molecule has 0 aromatic heterocycles. The van der Waals surface area contributed by atoms with Crippen molar-refractivity contribution in [2.45, 2.75) is 155 Å². The Balaban J connectivity index is -0.000000118. The van der Waals surface area contributed by atoms with Crippen LogP contribution in [-0.4, -0.2) is 112 Å². The fourth-order valence-corrected chi connectivity index (χ4v) is 8.21. The van der Waals surface area contributed by atoms with E-state index >= 15 is 0 Å². The minimum atomic E-state index is -1.00. The van der Waals surface area contributed by atoms with Crippen molar-refractivity contribution in [3.8, 4) is 5.75 Å². The van der Waals surface area contributed by atoms with Crippen LogP contribution in [0, 0.1) is 33.8 Å². The summed E-state index contributed by atoms with van der Waals surface area (Å²) >= 11 is 8.67. The highest BCUT2D eigenvalue weighted by atomic mass is 35.5. The van der Waals surface area contributed by atoms with E-state index in [4.69, 9.17) is 64.1 Å². The number of hydrogen-bond donors (Lipinski definition) is 12. The van der Waals surface area contributed by atoms with E-state index in [-0.39, 0.29) is 121 Å². The standard InChI is InChI=1S/C28H35N5O9.C27H43N5O6S.C5H13NS.ClH.12H2/c1-17(2)25(31-18(3)34)24(35)15-20(5-4-14-30-27(29)37)26(36)32-21-8-6-19(7-9-21)16-41-28(38)42-23-12-10-22(11-13-23)33(39)40;1-17(2)23(31-18(3)33)22(34)15-20(7-6-13-29-25(28)36)24(35)32-21-10-8-19(9-11-21)16-38-26(37)30-14-12-27(4,5)39;1-5(2,7)3-4-6;;;;;;;;;;;;;/h6-13,17,20,25H,4-5,14-16H2,1-3H3,(H,31,34)(H,32,36)(H3,29,30,37);8-11,17,20,23,39H,6-7,12-16H2,1-5H3,(H,30,37)(H,31,33)(H,32,35)(H3,28,29,36);7H,3-4,6H2,1-2H3;13*1H/t20-,25+;20-,23+;;;;;;;;;;;;;;/m11............../s1/i;;;;11*1+2T;1+2.